The SMILES string of the molecule is COCC(=O)O[C@]1(CCN(C)CCCCCCCc2nc3ccccc3s2)CCc2cc(F)ccc2[C@@H]1C(C)C.Cl. The lowest BCUT2D eigenvalue weighted by molar-refractivity contribution is -0.172. The standard InChI is InChI=1S/C33H45FN2O3S.ClH/c1-24(2)32-27-16-15-26(34)22-25(27)17-18-33(32,39-31(37)23-38-4)19-21-36(3)20-11-7-5-6-8-14-30-35-28-12-9-10-13-29(28)40-30;/h9-10,12-13,15-16,22,24,32H,5-8,11,14,17-21,23H2,1-4H3;1H/t32-,33-;/m0./s1. The van der Waals surface area contributed by atoms with E-state index in [-0.39, 0.29) is 42.6 Å². The van der Waals surface area contributed by atoms with Crippen molar-refractivity contribution in [2.75, 3.05) is 33.9 Å². The number of esters is 1. The minimum Gasteiger partial charge on any atom is -0.457 e. The summed E-state index contributed by atoms with van der Waals surface area (Å²) in [6.07, 6.45) is 9.25. The molecule has 1 heterocycles. The summed E-state index contributed by atoms with van der Waals surface area (Å²) in [5.74, 6) is -0.275. The first-order valence-corrected chi connectivity index (χ1v) is 15.6. The van der Waals surface area contributed by atoms with E-state index in [9.17, 15) is 9.18 Å². The van der Waals surface area contributed by atoms with Gasteiger partial charge in [-0.2, -0.15) is 0 Å². The first kappa shape index (κ1) is 33.4. The van der Waals surface area contributed by atoms with Gasteiger partial charge >= 0.3 is 5.97 Å². The number of ether oxygens (including phenoxy) is 2. The summed E-state index contributed by atoms with van der Waals surface area (Å²) < 4.78 is 26.6. The molecule has 0 saturated heterocycles. The largest absolute Gasteiger partial charge is 0.457 e. The molecule has 0 bridgehead atoms. The molecule has 0 fully saturated rings. The zero-order chi connectivity index (χ0) is 28.5. The fourth-order valence-corrected chi connectivity index (χ4v) is 7.38. The van der Waals surface area contributed by atoms with Crippen molar-refractivity contribution in [2.45, 2.75) is 83.2 Å². The van der Waals surface area contributed by atoms with Crippen molar-refractivity contribution in [2.24, 2.45) is 5.92 Å². The predicted molar refractivity (Wildman–Crippen MR) is 169 cm³/mol. The molecule has 226 valence electrons. The molecule has 2 atom stereocenters. The second-order valence-electron chi connectivity index (χ2n) is 11.7. The van der Waals surface area contributed by atoms with Crippen LogP contribution in [0.1, 0.15) is 80.8 Å². The Hall–Kier alpha value is -2.06. The lowest BCUT2D eigenvalue weighted by Gasteiger charge is -2.47. The van der Waals surface area contributed by atoms with E-state index in [1.165, 1.54) is 48.6 Å². The summed E-state index contributed by atoms with van der Waals surface area (Å²) in [4.78, 5) is 19.8. The summed E-state index contributed by atoms with van der Waals surface area (Å²) in [5, 5.41) is 1.25. The molecule has 3 aromatic rings. The van der Waals surface area contributed by atoms with Crippen LogP contribution in [-0.2, 0) is 27.1 Å². The number of para-hydroxylation sites is 1. The van der Waals surface area contributed by atoms with Crippen molar-refractivity contribution in [1.82, 2.24) is 9.88 Å². The molecule has 8 heteroatoms. The third-order valence-corrected chi connectivity index (χ3v) is 9.35. The third kappa shape index (κ3) is 8.96. The number of unbranched alkanes of at least 4 members (excludes halogenated alkanes) is 4. The van der Waals surface area contributed by atoms with Crippen molar-refractivity contribution in [3.8, 4) is 0 Å². The van der Waals surface area contributed by atoms with E-state index in [0.717, 1.165) is 49.0 Å². The van der Waals surface area contributed by atoms with Crippen molar-refractivity contribution < 1.29 is 18.7 Å². The number of benzene rings is 2. The molecule has 0 unspecified atom stereocenters. The summed E-state index contributed by atoms with van der Waals surface area (Å²) in [7, 11) is 3.68. The number of methoxy groups -OCH3 is 1. The fraction of sp³-hybridized carbons (Fsp3) is 0.576. The molecule has 0 saturated carbocycles. The number of carbonyl (C=O) groups excluding carboxylic acids is 1. The van der Waals surface area contributed by atoms with E-state index in [1.807, 2.05) is 17.4 Å². The Kier molecular flexibility index (Phi) is 13.0. The highest BCUT2D eigenvalue weighted by Gasteiger charge is 2.47. The summed E-state index contributed by atoms with van der Waals surface area (Å²) in [5.41, 5.74) is 2.64. The fourth-order valence-electron chi connectivity index (χ4n) is 6.37. The summed E-state index contributed by atoms with van der Waals surface area (Å²) in [6, 6.07) is 13.4. The van der Waals surface area contributed by atoms with Crippen LogP contribution in [-0.4, -0.2) is 55.3 Å². The molecule has 1 aliphatic rings. The van der Waals surface area contributed by atoms with Crippen LogP contribution in [0.15, 0.2) is 42.5 Å². The smallest absolute Gasteiger partial charge is 0.332 e. The maximum absolute atomic E-state index is 14.0. The van der Waals surface area contributed by atoms with E-state index in [1.54, 1.807) is 6.07 Å². The highest BCUT2D eigenvalue weighted by atomic mass is 35.5. The van der Waals surface area contributed by atoms with Crippen molar-refractivity contribution >= 4 is 39.9 Å². The predicted octanol–water partition coefficient (Wildman–Crippen LogP) is 7.99. The first-order chi connectivity index (χ1) is 19.3. The second kappa shape index (κ2) is 16.0. The van der Waals surface area contributed by atoms with Crippen LogP contribution in [0.4, 0.5) is 4.39 Å². The highest BCUT2D eigenvalue weighted by molar-refractivity contribution is 7.18. The molecule has 41 heavy (non-hydrogen) atoms. The van der Waals surface area contributed by atoms with Crippen molar-refractivity contribution in [1.29, 1.82) is 0 Å². The van der Waals surface area contributed by atoms with Crippen molar-refractivity contribution in [3.63, 3.8) is 0 Å². The van der Waals surface area contributed by atoms with E-state index < -0.39 is 5.60 Å². The number of hydrogen-bond acceptors (Lipinski definition) is 6. The van der Waals surface area contributed by atoms with Gasteiger partial charge < -0.3 is 14.4 Å². The molecule has 5 nitrogen and oxygen atoms in total. The molecule has 1 aliphatic carbocycles. The minimum atomic E-state index is -0.622. The maximum atomic E-state index is 14.0. The number of halogens is 2. The maximum Gasteiger partial charge on any atom is 0.332 e. The molecule has 1 aromatic heterocycles. The molecule has 4 rings (SSSR count). The van der Waals surface area contributed by atoms with Gasteiger partial charge in [-0.25, -0.2) is 14.2 Å². The quantitative estimate of drug-likeness (QED) is 0.130. The lowest BCUT2D eigenvalue weighted by Crippen LogP contribution is -2.49. The Labute approximate surface area is 255 Å². The monoisotopic (exact) mass is 604 g/mol. The van der Waals surface area contributed by atoms with Gasteiger partial charge in [-0.05, 0) is 87.0 Å². The Morgan fingerprint density at radius 1 is 1.12 bits per heavy atom. The summed E-state index contributed by atoms with van der Waals surface area (Å²) in [6.45, 7) is 6.15. The van der Waals surface area contributed by atoms with Crippen LogP contribution in [0.5, 0.6) is 0 Å². The Morgan fingerprint density at radius 2 is 1.88 bits per heavy atom. The van der Waals surface area contributed by atoms with Crippen molar-refractivity contribution in [3.05, 3.63) is 64.4 Å². The number of nitrogens with zero attached hydrogens (tertiary/aromatic N) is 2. The normalized spacial score (nSPS) is 18.5. The lowest BCUT2D eigenvalue weighted by atomic mass is 9.65. The Bertz CT molecular complexity index is 1220. The Balaban J connectivity index is 0.00000462. The van der Waals surface area contributed by atoms with Crippen LogP contribution in [0.2, 0.25) is 0 Å². The molecule has 0 amide bonds. The number of fused-ring (bicyclic) bond motifs is 2. The van der Waals surface area contributed by atoms with Gasteiger partial charge in [0.1, 0.15) is 18.0 Å². The molecule has 2 aromatic carbocycles. The number of aryl methyl sites for hydroxylation is 2. The van der Waals surface area contributed by atoms with Gasteiger partial charge in [0.25, 0.3) is 0 Å². The van der Waals surface area contributed by atoms with E-state index in [0.29, 0.717) is 12.8 Å². The van der Waals surface area contributed by atoms with Gasteiger partial charge in [-0.1, -0.05) is 51.3 Å². The molecule has 0 N–H and O–H groups in total. The average Bonchev–Trinajstić information content (AvgIpc) is 3.34. The third-order valence-electron chi connectivity index (χ3n) is 8.26. The highest BCUT2D eigenvalue weighted by Crippen LogP contribution is 2.48. The summed E-state index contributed by atoms with van der Waals surface area (Å²) >= 11 is 1.82. The van der Waals surface area contributed by atoms with Crippen LogP contribution in [0.25, 0.3) is 10.2 Å². The van der Waals surface area contributed by atoms with Gasteiger partial charge in [0.2, 0.25) is 0 Å². The molecule has 0 aliphatic heterocycles. The van der Waals surface area contributed by atoms with Crippen LogP contribution >= 0.6 is 23.7 Å². The number of carbonyl (C=O) groups is 1. The van der Waals surface area contributed by atoms with Gasteiger partial charge in [-0.15, -0.1) is 23.7 Å². The zero-order valence-corrected chi connectivity index (χ0v) is 26.6. The van der Waals surface area contributed by atoms with E-state index in [2.05, 4.69) is 50.1 Å². The Morgan fingerprint density at radius 3 is 2.63 bits per heavy atom. The van der Waals surface area contributed by atoms with Gasteiger partial charge in [0.05, 0.1) is 15.2 Å². The van der Waals surface area contributed by atoms with Crippen LogP contribution < -0.4 is 0 Å². The zero-order valence-electron chi connectivity index (χ0n) is 25.0. The number of rotatable bonds is 15. The van der Waals surface area contributed by atoms with E-state index in [4.69, 9.17) is 14.5 Å². The average molecular weight is 605 g/mol. The van der Waals surface area contributed by atoms with Gasteiger partial charge in [0.15, 0.2) is 0 Å². The number of aromatic nitrogens is 1. The molecular weight excluding hydrogens is 559 g/mol. The first-order valence-electron chi connectivity index (χ1n) is 14.8. The van der Waals surface area contributed by atoms with Crippen LogP contribution in [0, 0.1) is 11.7 Å². The van der Waals surface area contributed by atoms with Gasteiger partial charge in [-0.3, -0.25) is 0 Å². The second-order valence-corrected chi connectivity index (χ2v) is 12.8. The van der Waals surface area contributed by atoms with Gasteiger partial charge in [0, 0.05) is 26.0 Å². The molecule has 0 radical (unpaired) electrons. The number of hydrogen-bond donors (Lipinski definition) is 0. The number of thiazole rings is 1. The molecule has 0 spiro atoms. The topological polar surface area (TPSA) is 51.7 Å². The minimum absolute atomic E-state index is 0. The molecular formula is C33H46ClFN2O3S. The van der Waals surface area contributed by atoms with E-state index >= 15 is 0 Å². The van der Waals surface area contributed by atoms with Crippen LogP contribution in [0.3, 0.4) is 0 Å².